The van der Waals surface area contributed by atoms with E-state index < -0.39 is 21.0 Å². The molecule has 0 spiro atoms. The lowest BCUT2D eigenvalue weighted by Gasteiger charge is -2.14. The zero-order chi connectivity index (χ0) is 15.6. The van der Waals surface area contributed by atoms with Crippen molar-refractivity contribution in [3.63, 3.8) is 0 Å². The van der Waals surface area contributed by atoms with Gasteiger partial charge in [0.15, 0.2) is 9.84 Å². The van der Waals surface area contributed by atoms with Gasteiger partial charge in [0.25, 0.3) is 0 Å². The Morgan fingerprint density at radius 3 is 2.62 bits per heavy atom. The topological polar surface area (TPSA) is 89.3 Å². The van der Waals surface area contributed by atoms with Gasteiger partial charge in [-0.3, -0.25) is 4.79 Å². The van der Waals surface area contributed by atoms with Crippen molar-refractivity contribution in [2.24, 2.45) is 0 Å². The van der Waals surface area contributed by atoms with Crippen molar-refractivity contribution < 1.29 is 13.2 Å². The summed E-state index contributed by atoms with van der Waals surface area (Å²) in [5.74, 6) is -0.572. The first-order valence-electron chi connectivity index (χ1n) is 6.27. The fourth-order valence-electron chi connectivity index (χ4n) is 1.76. The molecule has 112 valence electrons. The molecule has 5 nitrogen and oxygen atoms in total. The van der Waals surface area contributed by atoms with Crippen LogP contribution in [0.1, 0.15) is 12.5 Å². The number of hydrogen-bond acceptors (Lipinski definition) is 5. The monoisotopic (exact) mass is 324 g/mol. The number of carbonyl (C=O) groups excluding carboxylic acids is 1. The second-order valence-electron chi connectivity index (χ2n) is 4.63. The van der Waals surface area contributed by atoms with E-state index in [1.165, 1.54) is 13.0 Å². The van der Waals surface area contributed by atoms with Crippen LogP contribution in [0.2, 0.25) is 0 Å². The van der Waals surface area contributed by atoms with Crippen molar-refractivity contribution in [2.45, 2.75) is 23.3 Å². The molecular formula is C14H16N2O3S2. The molecule has 3 N–H and O–H groups in total. The number of amides is 1. The van der Waals surface area contributed by atoms with Gasteiger partial charge in [-0.15, -0.1) is 11.3 Å². The Kier molecular flexibility index (Phi) is 4.34. The van der Waals surface area contributed by atoms with E-state index in [-0.39, 0.29) is 4.21 Å². The van der Waals surface area contributed by atoms with Gasteiger partial charge in [-0.05, 0) is 43.0 Å². The molecule has 0 saturated carbocycles. The van der Waals surface area contributed by atoms with Crippen LogP contribution in [0.5, 0.6) is 0 Å². The zero-order valence-corrected chi connectivity index (χ0v) is 13.3. The molecule has 0 saturated heterocycles. The molecular weight excluding hydrogens is 308 g/mol. The van der Waals surface area contributed by atoms with E-state index in [4.69, 9.17) is 5.73 Å². The third kappa shape index (κ3) is 3.08. The normalized spacial score (nSPS) is 12.9. The maximum absolute atomic E-state index is 12.3. The lowest BCUT2D eigenvalue weighted by atomic mass is 10.1. The van der Waals surface area contributed by atoms with Crippen molar-refractivity contribution in [3.05, 3.63) is 41.3 Å². The number of hydrogen-bond donors (Lipinski definition) is 2. The molecule has 0 fully saturated rings. The molecule has 2 rings (SSSR count). The summed E-state index contributed by atoms with van der Waals surface area (Å²) in [4.78, 5) is 12.2. The number of nitrogens with two attached hydrogens (primary N) is 1. The van der Waals surface area contributed by atoms with E-state index in [9.17, 15) is 13.2 Å². The fourth-order valence-corrected chi connectivity index (χ4v) is 4.31. The SMILES string of the molecule is Cc1c(N)cccc1NC(=O)C(C)S(=O)(=O)c1cccs1. The van der Waals surface area contributed by atoms with Crippen LogP contribution < -0.4 is 11.1 Å². The Morgan fingerprint density at radius 2 is 2.00 bits per heavy atom. The molecule has 0 aliphatic carbocycles. The quantitative estimate of drug-likeness (QED) is 0.845. The minimum Gasteiger partial charge on any atom is -0.398 e. The first-order chi connectivity index (χ1) is 9.84. The van der Waals surface area contributed by atoms with Gasteiger partial charge in [0.2, 0.25) is 5.91 Å². The molecule has 2 aromatic rings. The van der Waals surface area contributed by atoms with Gasteiger partial charge in [0.1, 0.15) is 9.46 Å². The first-order valence-corrected chi connectivity index (χ1v) is 8.70. The van der Waals surface area contributed by atoms with Crippen LogP contribution >= 0.6 is 11.3 Å². The average Bonchev–Trinajstić information content (AvgIpc) is 2.97. The molecule has 1 aromatic carbocycles. The van der Waals surface area contributed by atoms with Crippen LogP contribution in [0.15, 0.2) is 39.9 Å². The molecule has 21 heavy (non-hydrogen) atoms. The van der Waals surface area contributed by atoms with E-state index in [2.05, 4.69) is 5.32 Å². The van der Waals surface area contributed by atoms with Crippen LogP contribution in [0.25, 0.3) is 0 Å². The molecule has 1 atom stereocenters. The summed E-state index contributed by atoms with van der Waals surface area (Å²) >= 11 is 1.10. The van der Waals surface area contributed by atoms with Crippen LogP contribution in [-0.4, -0.2) is 19.6 Å². The second-order valence-corrected chi connectivity index (χ2v) is 8.07. The molecule has 0 aliphatic heterocycles. The Balaban J connectivity index is 2.23. The highest BCUT2D eigenvalue weighted by Crippen LogP contribution is 2.24. The van der Waals surface area contributed by atoms with Gasteiger partial charge in [-0.1, -0.05) is 12.1 Å². The Bertz CT molecular complexity index is 753. The van der Waals surface area contributed by atoms with Crippen LogP contribution in [0.4, 0.5) is 11.4 Å². The molecule has 0 radical (unpaired) electrons. The third-order valence-corrected chi connectivity index (χ3v) is 6.73. The largest absolute Gasteiger partial charge is 0.398 e. The summed E-state index contributed by atoms with van der Waals surface area (Å²) in [6, 6.07) is 8.25. The highest BCUT2D eigenvalue weighted by atomic mass is 32.2. The van der Waals surface area contributed by atoms with Crippen LogP contribution in [0.3, 0.4) is 0 Å². The van der Waals surface area contributed by atoms with Crippen molar-refractivity contribution in [3.8, 4) is 0 Å². The van der Waals surface area contributed by atoms with E-state index in [1.54, 1.807) is 36.6 Å². The molecule has 7 heteroatoms. The summed E-state index contributed by atoms with van der Waals surface area (Å²) < 4.78 is 24.8. The van der Waals surface area contributed by atoms with Crippen molar-refractivity contribution in [1.29, 1.82) is 0 Å². The van der Waals surface area contributed by atoms with E-state index in [0.29, 0.717) is 16.9 Å². The number of carbonyl (C=O) groups is 1. The molecule has 1 unspecified atom stereocenters. The first kappa shape index (κ1) is 15.5. The van der Waals surface area contributed by atoms with Gasteiger partial charge in [0, 0.05) is 11.4 Å². The van der Waals surface area contributed by atoms with Gasteiger partial charge in [-0.2, -0.15) is 0 Å². The summed E-state index contributed by atoms with van der Waals surface area (Å²) in [6.45, 7) is 3.15. The van der Waals surface area contributed by atoms with Crippen LogP contribution in [-0.2, 0) is 14.6 Å². The molecule has 0 aliphatic rings. The number of rotatable bonds is 4. The lowest BCUT2D eigenvalue weighted by molar-refractivity contribution is -0.115. The average molecular weight is 324 g/mol. The van der Waals surface area contributed by atoms with E-state index in [0.717, 1.165) is 11.3 Å². The Morgan fingerprint density at radius 1 is 1.29 bits per heavy atom. The van der Waals surface area contributed by atoms with E-state index in [1.807, 2.05) is 0 Å². The standard InChI is InChI=1S/C14H16N2O3S2/c1-9-11(15)5-3-6-12(9)16-14(17)10(2)21(18,19)13-7-4-8-20-13/h3-8,10H,15H2,1-2H3,(H,16,17). The minimum absolute atomic E-state index is 0.189. The van der Waals surface area contributed by atoms with Crippen molar-refractivity contribution >= 4 is 38.5 Å². The summed E-state index contributed by atoms with van der Waals surface area (Å²) in [7, 11) is -3.66. The Hall–Kier alpha value is -1.86. The van der Waals surface area contributed by atoms with Crippen molar-refractivity contribution in [1.82, 2.24) is 0 Å². The van der Waals surface area contributed by atoms with Gasteiger partial charge >= 0.3 is 0 Å². The highest BCUT2D eigenvalue weighted by Gasteiger charge is 2.30. The van der Waals surface area contributed by atoms with Crippen LogP contribution in [0, 0.1) is 6.92 Å². The summed E-state index contributed by atoms with van der Waals surface area (Å²) in [5.41, 5.74) is 7.55. The van der Waals surface area contributed by atoms with E-state index >= 15 is 0 Å². The second kappa shape index (κ2) is 5.87. The number of nitrogen functional groups attached to an aromatic ring is 1. The predicted octanol–water partition coefficient (Wildman–Crippen LogP) is 2.44. The fraction of sp³-hybridized carbons (Fsp3) is 0.214. The van der Waals surface area contributed by atoms with Gasteiger partial charge in [0.05, 0.1) is 0 Å². The number of benzene rings is 1. The van der Waals surface area contributed by atoms with Gasteiger partial charge < -0.3 is 11.1 Å². The molecule has 1 amide bonds. The number of thiophene rings is 1. The zero-order valence-electron chi connectivity index (χ0n) is 11.7. The number of nitrogens with one attached hydrogen (secondary N) is 1. The van der Waals surface area contributed by atoms with Gasteiger partial charge in [-0.25, -0.2) is 8.42 Å². The molecule has 1 heterocycles. The summed E-state index contributed by atoms with van der Waals surface area (Å²) in [6.07, 6.45) is 0. The smallest absolute Gasteiger partial charge is 0.242 e. The highest BCUT2D eigenvalue weighted by molar-refractivity contribution is 7.94. The maximum Gasteiger partial charge on any atom is 0.242 e. The molecule has 0 bridgehead atoms. The third-order valence-electron chi connectivity index (χ3n) is 3.24. The number of anilines is 2. The maximum atomic E-state index is 12.3. The lowest BCUT2D eigenvalue weighted by Crippen LogP contribution is -2.32. The number of sulfone groups is 1. The predicted molar refractivity (Wildman–Crippen MR) is 85.2 cm³/mol. The summed E-state index contributed by atoms with van der Waals surface area (Å²) in [5, 5.41) is 3.12. The molecule has 1 aromatic heterocycles. The minimum atomic E-state index is -3.66. The van der Waals surface area contributed by atoms with Crippen molar-refractivity contribution in [2.75, 3.05) is 11.1 Å². The Labute approximate surface area is 127 Å².